The van der Waals surface area contributed by atoms with Crippen molar-refractivity contribution in [1.29, 1.82) is 0 Å². The number of carbonyl (C=O) groups excluding carboxylic acids is 1. The van der Waals surface area contributed by atoms with Crippen molar-refractivity contribution in [1.82, 2.24) is 9.66 Å². The normalized spacial score (nSPS) is 13.0. The van der Waals surface area contributed by atoms with Crippen LogP contribution in [0.25, 0.3) is 10.9 Å². The molecule has 2 unspecified atom stereocenters. The zero-order valence-electron chi connectivity index (χ0n) is 23.1. The van der Waals surface area contributed by atoms with E-state index in [9.17, 15) is 14.7 Å². The fourth-order valence-electron chi connectivity index (χ4n) is 5.28. The first kappa shape index (κ1) is 27.8. The summed E-state index contributed by atoms with van der Waals surface area (Å²) in [4.78, 5) is 32.5. The van der Waals surface area contributed by atoms with Gasteiger partial charge in [-0.2, -0.15) is 0 Å². The van der Waals surface area contributed by atoms with Crippen LogP contribution in [0.4, 0.5) is 0 Å². The number of aromatic nitrogens is 2. The van der Waals surface area contributed by atoms with Crippen LogP contribution in [0.3, 0.4) is 0 Å². The molecule has 0 spiro atoms. The minimum atomic E-state index is -1.56. The van der Waals surface area contributed by atoms with Gasteiger partial charge in [-0.15, -0.1) is 0 Å². The molecule has 1 aromatic heterocycles. The predicted molar refractivity (Wildman–Crippen MR) is 160 cm³/mol. The fourth-order valence-corrected chi connectivity index (χ4v) is 5.28. The molecule has 0 aliphatic carbocycles. The van der Waals surface area contributed by atoms with Crippen LogP contribution in [0.15, 0.2) is 120 Å². The molecule has 4 aromatic carbocycles. The summed E-state index contributed by atoms with van der Waals surface area (Å²) in [7, 11) is 0. The Balaban J connectivity index is 1.67. The number of para-hydroxylation sites is 2. The van der Waals surface area contributed by atoms with E-state index in [1.54, 1.807) is 30.3 Å². The van der Waals surface area contributed by atoms with Crippen molar-refractivity contribution < 1.29 is 14.6 Å². The van der Waals surface area contributed by atoms with Crippen LogP contribution in [0, 0.1) is 0 Å². The van der Waals surface area contributed by atoms with E-state index in [0.717, 1.165) is 0 Å². The van der Waals surface area contributed by atoms with Gasteiger partial charge in [0, 0.05) is 0 Å². The molecule has 0 radical (unpaired) electrons. The molecule has 5 aromatic rings. The van der Waals surface area contributed by atoms with E-state index in [1.807, 2.05) is 98.8 Å². The summed E-state index contributed by atoms with van der Waals surface area (Å²) in [6.07, 6.45) is -0.0644. The molecule has 0 aliphatic heterocycles. The van der Waals surface area contributed by atoms with E-state index in [2.05, 4.69) is 5.43 Å². The van der Waals surface area contributed by atoms with Crippen LogP contribution in [0.5, 0.6) is 5.75 Å². The van der Waals surface area contributed by atoms with Crippen molar-refractivity contribution in [2.45, 2.75) is 44.3 Å². The molecule has 0 saturated carbocycles. The fraction of sp³-hybridized carbons (Fsp3) is 0.206. The average Bonchev–Trinajstić information content (AvgIpc) is 3.03. The number of benzene rings is 4. The summed E-state index contributed by atoms with van der Waals surface area (Å²) in [5.74, 6) is -0.406. The van der Waals surface area contributed by atoms with Crippen LogP contribution >= 0.6 is 0 Å². The number of carbonyl (C=O) groups is 1. The minimum Gasteiger partial charge on any atom is -0.481 e. The SMILES string of the molecule is CCC(Oc1ccccc1)C(=O)Nn1c(C(CC)C(O)(c2ccccc2)c2ccccc2)nc2ccccc2c1=O. The lowest BCUT2D eigenvalue weighted by atomic mass is 9.74. The van der Waals surface area contributed by atoms with Crippen LogP contribution < -0.4 is 15.7 Å². The molecule has 0 fully saturated rings. The minimum absolute atomic E-state index is 0.245. The number of aliphatic hydroxyl groups is 1. The van der Waals surface area contributed by atoms with Gasteiger partial charge in [0.15, 0.2) is 6.10 Å². The van der Waals surface area contributed by atoms with Crippen molar-refractivity contribution in [2.75, 3.05) is 5.43 Å². The maximum Gasteiger partial charge on any atom is 0.280 e. The Bertz CT molecular complexity index is 1630. The van der Waals surface area contributed by atoms with Gasteiger partial charge in [-0.1, -0.05) is 105 Å². The second-order valence-electron chi connectivity index (χ2n) is 9.89. The second-order valence-corrected chi connectivity index (χ2v) is 9.89. The highest BCUT2D eigenvalue weighted by molar-refractivity contribution is 5.88. The third-order valence-corrected chi connectivity index (χ3v) is 7.36. The second kappa shape index (κ2) is 12.2. The van der Waals surface area contributed by atoms with E-state index in [4.69, 9.17) is 9.72 Å². The summed E-state index contributed by atoms with van der Waals surface area (Å²) >= 11 is 0. The first-order valence-corrected chi connectivity index (χ1v) is 13.8. The van der Waals surface area contributed by atoms with E-state index in [0.29, 0.717) is 40.6 Å². The molecule has 41 heavy (non-hydrogen) atoms. The monoisotopic (exact) mass is 547 g/mol. The van der Waals surface area contributed by atoms with Gasteiger partial charge in [0.2, 0.25) is 0 Å². The number of hydrogen-bond acceptors (Lipinski definition) is 5. The number of nitrogens with one attached hydrogen (secondary N) is 1. The quantitative estimate of drug-likeness (QED) is 0.232. The predicted octanol–water partition coefficient (Wildman–Crippen LogP) is 5.75. The lowest BCUT2D eigenvalue weighted by molar-refractivity contribution is -0.123. The van der Waals surface area contributed by atoms with E-state index in [-0.39, 0.29) is 5.82 Å². The molecule has 208 valence electrons. The largest absolute Gasteiger partial charge is 0.481 e. The van der Waals surface area contributed by atoms with Crippen molar-refractivity contribution >= 4 is 16.8 Å². The number of ether oxygens (including phenoxy) is 1. The van der Waals surface area contributed by atoms with Gasteiger partial charge in [-0.25, -0.2) is 9.66 Å². The van der Waals surface area contributed by atoms with Crippen molar-refractivity contribution in [3.05, 3.63) is 143 Å². The topological polar surface area (TPSA) is 93.4 Å². The van der Waals surface area contributed by atoms with Crippen LogP contribution in [0.2, 0.25) is 0 Å². The third-order valence-electron chi connectivity index (χ3n) is 7.36. The molecule has 1 heterocycles. The Morgan fingerprint density at radius 2 is 1.37 bits per heavy atom. The highest BCUT2D eigenvalue weighted by Gasteiger charge is 2.43. The molecule has 7 heteroatoms. The van der Waals surface area contributed by atoms with Gasteiger partial charge in [-0.05, 0) is 48.2 Å². The van der Waals surface area contributed by atoms with Gasteiger partial charge in [-0.3, -0.25) is 15.0 Å². The molecule has 0 saturated heterocycles. The molecule has 1 amide bonds. The average molecular weight is 548 g/mol. The van der Waals surface area contributed by atoms with E-state index < -0.39 is 29.1 Å². The summed E-state index contributed by atoms with van der Waals surface area (Å²) in [5, 5.41) is 13.0. The Kier molecular flexibility index (Phi) is 8.26. The summed E-state index contributed by atoms with van der Waals surface area (Å²) in [6.45, 7) is 3.77. The summed E-state index contributed by atoms with van der Waals surface area (Å²) < 4.78 is 7.15. The molecular formula is C34H33N3O4. The van der Waals surface area contributed by atoms with Gasteiger partial charge in [0.05, 0.1) is 16.8 Å². The highest BCUT2D eigenvalue weighted by atomic mass is 16.5. The van der Waals surface area contributed by atoms with Crippen molar-refractivity contribution in [2.24, 2.45) is 0 Å². The zero-order chi connectivity index (χ0) is 28.8. The number of fused-ring (bicyclic) bond motifs is 1. The Hall–Kier alpha value is -4.75. The van der Waals surface area contributed by atoms with Crippen molar-refractivity contribution in [3.63, 3.8) is 0 Å². The first-order chi connectivity index (χ1) is 20.0. The number of amides is 1. The van der Waals surface area contributed by atoms with Crippen molar-refractivity contribution in [3.8, 4) is 5.75 Å². The first-order valence-electron chi connectivity index (χ1n) is 13.8. The molecular weight excluding hydrogens is 514 g/mol. The number of nitrogens with zero attached hydrogens (tertiary/aromatic N) is 2. The number of rotatable bonds is 10. The van der Waals surface area contributed by atoms with Gasteiger partial charge in [0.1, 0.15) is 17.2 Å². The van der Waals surface area contributed by atoms with E-state index in [1.165, 1.54) is 4.68 Å². The maximum atomic E-state index is 14.0. The number of hydrogen-bond donors (Lipinski definition) is 2. The third kappa shape index (κ3) is 5.49. The Labute approximate surface area is 239 Å². The summed E-state index contributed by atoms with van der Waals surface area (Å²) in [5.41, 5.74) is 2.58. The molecule has 7 nitrogen and oxygen atoms in total. The molecule has 2 N–H and O–H groups in total. The molecule has 0 aliphatic rings. The standard InChI is InChI=1S/C34H33N3O4/c1-3-28(34(40,24-16-8-5-9-17-24)25-18-10-6-11-19-25)31-35-29-23-15-14-22-27(29)33(39)37(31)36-32(38)30(4-2)41-26-20-12-7-13-21-26/h5-23,28,30,40H,3-4H2,1-2H3,(H,36,38). The van der Waals surface area contributed by atoms with E-state index >= 15 is 0 Å². The summed E-state index contributed by atoms with van der Waals surface area (Å²) in [6, 6.07) is 34.8. The van der Waals surface area contributed by atoms with Gasteiger partial charge < -0.3 is 9.84 Å². The van der Waals surface area contributed by atoms with Crippen LogP contribution in [-0.4, -0.2) is 26.8 Å². The molecule has 0 bridgehead atoms. The lowest BCUT2D eigenvalue weighted by Crippen LogP contribution is -2.45. The zero-order valence-corrected chi connectivity index (χ0v) is 23.1. The molecule has 2 atom stereocenters. The van der Waals surface area contributed by atoms with Crippen LogP contribution in [-0.2, 0) is 10.4 Å². The van der Waals surface area contributed by atoms with Gasteiger partial charge in [0.25, 0.3) is 11.5 Å². The van der Waals surface area contributed by atoms with Gasteiger partial charge >= 0.3 is 0 Å². The Morgan fingerprint density at radius 1 is 0.829 bits per heavy atom. The molecule has 5 rings (SSSR count). The lowest BCUT2D eigenvalue weighted by Gasteiger charge is -2.37. The highest BCUT2D eigenvalue weighted by Crippen LogP contribution is 2.43. The smallest absolute Gasteiger partial charge is 0.280 e. The maximum absolute atomic E-state index is 14.0. The Morgan fingerprint density at radius 3 is 1.93 bits per heavy atom. The van der Waals surface area contributed by atoms with Crippen LogP contribution in [0.1, 0.15) is 49.6 Å².